The number of halogens is 3. The number of urea groups is 1. The average molecular weight is 459 g/mol. The molecule has 3 atom stereocenters. The summed E-state index contributed by atoms with van der Waals surface area (Å²) < 4.78 is 46.1. The maximum Gasteiger partial charge on any atom is 0.417 e. The number of carbonyl (C=O) groups excluding carboxylic acids is 1. The van der Waals surface area contributed by atoms with E-state index in [9.17, 15) is 18.0 Å². The van der Waals surface area contributed by atoms with E-state index in [0.717, 1.165) is 12.5 Å². The zero-order chi connectivity index (χ0) is 23.4. The molecule has 1 aromatic carbocycles. The molecule has 12 heteroatoms. The molecule has 33 heavy (non-hydrogen) atoms. The SMILES string of the molecule is Cc1noc(C23CC(C[C@@H](C)C2)N3C(=O)Nc2ccc(C(F)(F)F)c(-c3nccnn3)c2)n1. The number of fused-ring (bicyclic) bond motifs is 2. The third kappa shape index (κ3) is 3.58. The van der Waals surface area contributed by atoms with Crippen LogP contribution in [0.15, 0.2) is 35.1 Å². The summed E-state index contributed by atoms with van der Waals surface area (Å²) in [5.74, 6) is 1.04. The van der Waals surface area contributed by atoms with Crippen molar-refractivity contribution in [1.29, 1.82) is 0 Å². The fourth-order valence-corrected chi connectivity index (χ4v) is 5.04. The standard InChI is InChI=1S/C21H20F3N7O2/c1-11-7-14-10-20(9-11,18-27-12(2)30-33-18)31(14)19(32)28-13-3-4-16(21(22,23)24)15(8-13)17-25-5-6-26-29-17/h3-6,8,11,14H,7,9-10H2,1-2H3,(H,28,32)/t11-,14?,20?/m1/s1. The van der Waals surface area contributed by atoms with Gasteiger partial charge in [-0.1, -0.05) is 12.1 Å². The molecular formula is C21H20F3N7O2. The van der Waals surface area contributed by atoms with Gasteiger partial charge in [-0.2, -0.15) is 23.3 Å². The molecule has 172 valence electrons. The first-order valence-electron chi connectivity index (χ1n) is 10.4. The quantitative estimate of drug-likeness (QED) is 0.626. The fraction of sp³-hybridized carbons (Fsp3) is 0.429. The van der Waals surface area contributed by atoms with Gasteiger partial charge in [-0.25, -0.2) is 9.78 Å². The highest BCUT2D eigenvalue weighted by molar-refractivity contribution is 5.92. The van der Waals surface area contributed by atoms with Crippen molar-refractivity contribution in [3.05, 3.63) is 47.9 Å². The topological polar surface area (TPSA) is 110 Å². The summed E-state index contributed by atoms with van der Waals surface area (Å²) in [7, 11) is 0. The number of nitrogens with zero attached hydrogens (tertiary/aromatic N) is 6. The summed E-state index contributed by atoms with van der Waals surface area (Å²) in [6, 6.07) is 2.86. The van der Waals surface area contributed by atoms with Gasteiger partial charge in [-0.05, 0) is 43.9 Å². The van der Waals surface area contributed by atoms with Crippen molar-refractivity contribution in [3.8, 4) is 11.4 Å². The molecule has 2 unspecified atom stereocenters. The number of hydrogen-bond acceptors (Lipinski definition) is 7. The van der Waals surface area contributed by atoms with Crippen molar-refractivity contribution < 1.29 is 22.5 Å². The number of piperidine rings is 1. The smallest absolute Gasteiger partial charge is 0.337 e. The number of aryl methyl sites for hydroxylation is 1. The van der Waals surface area contributed by atoms with E-state index in [1.807, 2.05) is 0 Å². The molecule has 5 rings (SSSR count). The number of carbonyl (C=O) groups is 1. The van der Waals surface area contributed by atoms with Gasteiger partial charge in [0.05, 0.1) is 11.8 Å². The highest BCUT2D eigenvalue weighted by Gasteiger charge is 2.62. The average Bonchev–Trinajstić information content (AvgIpc) is 3.19. The third-order valence-electron chi connectivity index (χ3n) is 6.20. The fourth-order valence-electron chi connectivity index (χ4n) is 5.04. The van der Waals surface area contributed by atoms with Gasteiger partial charge in [0.15, 0.2) is 11.6 Å². The van der Waals surface area contributed by atoms with E-state index in [1.54, 1.807) is 11.8 Å². The molecule has 2 aliphatic rings. The third-order valence-corrected chi connectivity index (χ3v) is 6.20. The molecule has 3 heterocycles. The predicted molar refractivity (Wildman–Crippen MR) is 109 cm³/mol. The molecule has 2 fully saturated rings. The molecule has 0 radical (unpaired) electrons. The van der Waals surface area contributed by atoms with Gasteiger partial charge in [0.1, 0.15) is 5.54 Å². The number of rotatable bonds is 3. The number of nitrogens with one attached hydrogen (secondary N) is 1. The van der Waals surface area contributed by atoms with Crippen molar-refractivity contribution in [2.45, 2.75) is 50.9 Å². The number of likely N-dealkylation sites (tertiary alicyclic amines) is 1. The second kappa shape index (κ2) is 7.49. The lowest BCUT2D eigenvalue weighted by Gasteiger charge is -2.61. The Morgan fingerprint density at radius 3 is 2.76 bits per heavy atom. The van der Waals surface area contributed by atoms with Gasteiger partial charge in [0.25, 0.3) is 5.89 Å². The first-order valence-corrected chi connectivity index (χ1v) is 10.4. The number of benzene rings is 1. The lowest BCUT2D eigenvalue weighted by atomic mass is 9.64. The lowest BCUT2D eigenvalue weighted by molar-refractivity contribution is -0.137. The summed E-state index contributed by atoms with van der Waals surface area (Å²) in [5.41, 5.74) is -1.71. The minimum absolute atomic E-state index is 0.0171. The first-order chi connectivity index (χ1) is 15.7. The number of amides is 2. The number of anilines is 1. The zero-order valence-electron chi connectivity index (χ0n) is 17.8. The molecule has 1 aliphatic carbocycles. The highest BCUT2D eigenvalue weighted by atomic mass is 19.4. The van der Waals surface area contributed by atoms with Crippen molar-refractivity contribution in [1.82, 2.24) is 30.2 Å². The maximum absolute atomic E-state index is 13.6. The number of hydrogen-bond donors (Lipinski definition) is 1. The Morgan fingerprint density at radius 2 is 2.09 bits per heavy atom. The largest absolute Gasteiger partial charge is 0.417 e. The molecule has 1 saturated carbocycles. The molecule has 2 aromatic heterocycles. The van der Waals surface area contributed by atoms with E-state index in [0.29, 0.717) is 30.5 Å². The summed E-state index contributed by atoms with van der Waals surface area (Å²) in [4.78, 5) is 23.2. The van der Waals surface area contributed by atoms with Gasteiger partial charge in [0.2, 0.25) is 0 Å². The van der Waals surface area contributed by atoms with Gasteiger partial charge < -0.3 is 14.7 Å². The lowest BCUT2D eigenvalue weighted by Crippen LogP contribution is -2.70. The second-order valence-electron chi connectivity index (χ2n) is 8.61. The van der Waals surface area contributed by atoms with E-state index in [2.05, 4.69) is 37.6 Å². The molecular weight excluding hydrogens is 439 g/mol. The molecule has 3 aromatic rings. The van der Waals surface area contributed by atoms with Crippen molar-refractivity contribution in [3.63, 3.8) is 0 Å². The van der Waals surface area contributed by atoms with Crippen LogP contribution in [0.25, 0.3) is 11.4 Å². The second-order valence-corrected chi connectivity index (χ2v) is 8.61. The van der Waals surface area contributed by atoms with E-state index in [-0.39, 0.29) is 23.1 Å². The normalized spacial score (nSPS) is 24.3. The van der Waals surface area contributed by atoms with Gasteiger partial charge >= 0.3 is 12.2 Å². The molecule has 1 aliphatic heterocycles. The summed E-state index contributed by atoms with van der Waals surface area (Å²) in [6.07, 6.45) is 0.0944. The molecule has 2 amide bonds. The van der Waals surface area contributed by atoms with Crippen molar-refractivity contribution >= 4 is 11.7 Å². The Bertz CT molecular complexity index is 1200. The van der Waals surface area contributed by atoms with Crippen LogP contribution in [-0.2, 0) is 11.7 Å². The Hall–Kier alpha value is -3.57. The van der Waals surface area contributed by atoms with Crippen LogP contribution in [0.1, 0.15) is 43.5 Å². The Labute approximate surface area is 186 Å². The summed E-state index contributed by atoms with van der Waals surface area (Å²) in [5, 5.41) is 13.9. The van der Waals surface area contributed by atoms with Crippen LogP contribution in [0.5, 0.6) is 0 Å². The Morgan fingerprint density at radius 1 is 1.27 bits per heavy atom. The summed E-state index contributed by atoms with van der Waals surface area (Å²) >= 11 is 0. The van der Waals surface area contributed by atoms with Crippen LogP contribution in [0.4, 0.5) is 23.7 Å². The first kappa shape index (κ1) is 21.3. The molecule has 1 saturated heterocycles. The summed E-state index contributed by atoms with van der Waals surface area (Å²) in [6.45, 7) is 3.82. The highest BCUT2D eigenvalue weighted by Crippen LogP contribution is 2.55. The van der Waals surface area contributed by atoms with Crippen LogP contribution in [-0.4, -0.2) is 42.3 Å². The van der Waals surface area contributed by atoms with Crippen molar-refractivity contribution in [2.24, 2.45) is 5.92 Å². The number of alkyl halides is 3. The molecule has 9 nitrogen and oxygen atoms in total. The van der Waals surface area contributed by atoms with E-state index in [4.69, 9.17) is 4.52 Å². The van der Waals surface area contributed by atoms with Gasteiger partial charge in [-0.15, -0.1) is 5.10 Å². The Balaban J connectivity index is 1.46. The minimum Gasteiger partial charge on any atom is -0.337 e. The monoisotopic (exact) mass is 459 g/mol. The van der Waals surface area contributed by atoms with E-state index in [1.165, 1.54) is 24.5 Å². The Kier molecular flexibility index (Phi) is 4.83. The minimum atomic E-state index is -4.62. The van der Waals surface area contributed by atoms with E-state index >= 15 is 0 Å². The number of aromatic nitrogens is 5. The van der Waals surface area contributed by atoms with Gasteiger partial charge in [-0.3, -0.25) is 0 Å². The van der Waals surface area contributed by atoms with Crippen LogP contribution in [0.2, 0.25) is 0 Å². The molecule has 2 bridgehead atoms. The molecule has 0 spiro atoms. The van der Waals surface area contributed by atoms with E-state index < -0.39 is 23.3 Å². The van der Waals surface area contributed by atoms with Crippen LogP contribution in [0.3, 0.4) is 0 Å². The van der Waals surface area contributed by atoms with Crippen LogP contribution < -0.4 is 5.32 Å². The van der Waals surface area contributed by atoms with Crippen LogP contribution >= 0.6 is 0 Å². The maximum atomic E-state index is 13.6. The predicted octanol–water partition coefficient (Wildman–Crippen LogP) is 4.18. The van der Waals surface area contributed by atoms with Gasteiger partial charge in [0, 0.05) is 29.9 Å². The van der Waals surface area contributed by atoms with Crippen LogP contribution in [0, 0.1) is 12.8 Å². The zero-order valence-corrected chi connectivity index (χ0v) is 17.8. The molecule has 1 N–H and O–H groups in total. The van der Waals surface area contributed by atoms with Crippen molar-refractivity contribution in [2.75, 3.05) is 5.32 Å².